The zero-order valence-corrected chi connectivity index (χ0v) is 14.6. The monoisotopic (exact) mass is 356 g/mol. The smallest absolute Gasteiger partial charge is 0.188 e. The number of aromatic nitrogens is 4. The van der Waals surface area contributed by atoms with Gasteiger partial charge in [-0.3, -0.25) is 4.90 Å². The topological polar surface area (TPSA) is 67.6 Å². The summed E-state index contributed by atoms with van der Waals surface area (Å²) in [5.41, 5.74) is 0.960. The number of hydrogen-bond donors (Lipinski definition) is 1. The highest BCUT2D eigenvalue weighted by molar-refractivity contribution is 5.60. The second-order valence-corrected chi connectivity index (χ2v) is 6.37. The summed E-state index contributed by atoms with van der Waals surface area (Å²) in [4.78, 5) is 2.39. The first-order chi connectivity index (χ1) is 12.7. The molecule has 26 heavy (non-hydrogen) atoms. The lowest BCUT2D eigenvalue weighted by Gasteiger charge is -2.32. The summed E-state index contributed by atoms with van der Waals surface area (Å²) in [6, 6.07) is 10.5. The van der Waals surface area contributed by atoms with Crippen molar-refractivity contribution in [3.8, 4) is 11.4 Å². The molecule has 0 bridgehead atoms. The zero-order chi connectivity index (χ0) is 17.9. The normalized spacial score (nSPS) is 16.7. The maximum atomic E-state index is 14.1. The van der Waals surface area contributed by atoms with E-state index >= 15 is 0 Å². The van der Waals surface area contributed by atoms with E-state index in [1.807, 2.05) is 12.1 Å². The molecule has 2 aromatic heterocycles. The number of benzene rings is 1. The number of nitrogens with zero attached hydrogens (tertiary/aromatic N) is 5. The van der Waals surface area contributed by atoms with Gasteiger partial charge in [0.2, 0.25) is 0 Å². The largest absolute Gasteiger partial charge is 0.379 e. The SMILES string of the molecule is CC(CNc1ccc2nnc(-c3ccccc3F)n2n1)N1CCOCC1. The third-order valence-corrected chi connectivity index (χ3v) is 4.63. The van der Waals surface area contributed by atoms with Gasteiger partial charge in [-0.05, 0) is 31.2 Å². The number of rotatable bonds is 5. The lowest BCUT2D eigenvalue weighted by atomic mass is 10.2. The van der Waals surface area contributed by atoms with Crippen molar-refractivity contribution in [2.45, 2.75) is 13.0 Å². The van der Waals surface area contributed by atoms with Gasteiger partial charge in [0.25, 0.3) is 0 Å². The van der Waals surface area contributed by atoms with E-state index in [0.29, 0.717) is 28.9 Å². The molecule has 1 fully saturated rings. The highest BCUT2D eigenvalue weighted by atomic mass is 19.1. The maximum absolute atomic E-state index is 14.1. The molecule has 1 aromatic carbocycles. The Hall–Kier alpha value is -2.58. The van der Waals surface area contributed by atoms with Crippen molar-refractivity contribution in [2.75, 3.05) is 38.2 Å². The van der Waals surface area contributed by atoms with E-state index in [4.69, 9.17) is 4.74 Å². The van der Waals surface area contributed by atoms with Gasteiger partial charge >= 0.3 is 0 Å². The lowest BCUT2D eigenvalue weighted by molar-refractivity contribution is 0.0227. The average molecular weight is 356 g/mol. The Morgan fingerprint density at radius 3 is 2.77 bits per heavy atom. The fraction of sp³-hybridized carbons (Fsp3) is 0.389. The summed E-state index contributed by atoms with van der Waals surface area (Å²) >= 11 is 0. The Morgan fingerprint density at radius 2 is 1.96 bits per heavy atom. The Balaban J connectivity index is 1.53. The molecule has 0 radical (unpaired) electrons. The number of nitrogens with one attached hydrogen (secondary N) is 1. The van der Waals surface area contributed by atoms with Crippen LogP contribution in [0.15, 0.2) is 36.4 Å². The molecule has 0 amide bonds. The molecule has 4 rings (SSSR count). The molecule has 1 aliphatic rings. The molecule has 1 N–H and O–H groups in total. The number of morpholine rings is 1. The highest BCUT2D eigenvalue weighted by Crippen LogP contribution is 2.21. The fourth-order valence-corrected chi connectivity index (χ4v) is 3.09. The molecule has 8 heteroatoms. The van der Waals surface area contributed by atoms with Crippen molar-refractivity contribution in [2.24, 2.45) is 0 Å². The van der Waals surface area contributed by atoms with Gasteiger partial charge in [-0.25, -0.2) is 4.39 Å². The van der Waals surface area contributed by atoms with Crippen LogP contribution < -0.4 is 5.32 Å². The quantitative estimate of drug-likeness (QED) is 0.755. The van der Waals surface area contributed by atoms with Crippen LogP contribution in [0.2, 0.25) is 0 Å². The summed E-state index contributed by atoms with van der Waals surface area (Å²) in [7, 11) is 0. The third-order valence-electron chi connectivity index (χ3n) is 4.63. The Morgan fingerprint density at radius 1 is 1.15 bits per heavy atom. The van der Waals surface area contributed by atoms with Gasteiger partial charge in [-0.1, -0.05) is 12.1 Å². The Kier molecular flexibility index (Phi) is 4.77. The number of hydrogen-bond acceptors (Lipinski definition) is 6. The van der Waals surface area contributed by atoms with Gasteiger partial charge in [-0.15, -0.1) is 15.3 Å². The summed E-state index contributed by atoms with van der Waals surface area (Å²) in [6.07, 6.45) is 0. The second-order valence-electron chi connectivity index (χ2n) is 6.37. The first-order valence-corrected chi connectivity index (χ1v) is 8.75. The average Bonchev–Trinajstić information content (AvgIpc) is 3.10. The van der Waals surface area contributed by atoms with Crippen LogP contribution in [-0.4, -0.2) is 63.6 Å². The molecule has 7 nitrogen and oxygen atoms in total. The third kappa shape index (κ3) is 3.38. The van der Waals surface area contributed by atoms with E-state index in [0.717, 1.165) is 32.8 Å². The Labute approximate surface area is 150 Å². The van der Waals surface area contributed by atoms with Gasteiger partial charge in [0, 0.05) is 25.7 Å². The van der Waals surface area contributed by atoms with Crippen molar-refractivity contribution in [1.82, 2.24) is 24.7 Å². The van der Waals surface area contributed by atoms with Crippen LogP contribution in [0.4, 0.5) is 10.2 Å². The first-order valence-electron chi connectivity index (χ1n) is 8.75. The standard InChI is InChI=1S/C18H21FN6O/c1-13(24-8-10-26-11-9-24)12-20-16-6-7-17-21-22-18(25(17)23-16)14-4-2-3-5-15(14)19/h2-7,13H,8-12H2,1H3,(H,20,23). The van der Waals surface area contributed by atoms with Crippen molar-refractivity contribution in [3.05, 3.63) is 42.2 Å². The summed E-state index contributed by atoms with van der Waals surface area (Å²) in [6.45, 7) is 6.38. The van der Waals surface area contributed by atoms with Crippen molar-refractivity contribution >= 4 is 11.5 Å². The summed E-state index contributed by atoms with van der Waals surface area (Å²) < 4.78 is 21.1. The molecule has 1 saturated heterocycles. The van der Waals surface area contributed by atoms with Crippen LogP contribution in [-0.2, 0) is 4.74 Å². The van der Waals surface area contributed by atoms with Crippen LogP contribution >= 0.6 is 0 Å². The van der Waals surface area contributed by atoms with Crippen LogP contribution in [0.3, 0.4) is 0 Å². The molecule has 1 unspecified atom stereocenters. The van der Waals surface area contributed by atoms with E-state index in [2.05, 4.69) is 32.4 Å². The van der Waals surface area contributed by atoms with Crippen LogP contribution in [0, 0.1) is 5.82 Å². The maximum Gasteiger partial charge on any atom is 0.188 e. The number of anilines is 1. The lowest BCUT2D eigenvalue weighted by Crippen LogP contribution is -2.45. The molecule has 136 valence electrons. The minimum Gasteiger partial charge on any atom is -0.379 e. The summed E-state index contributed by atoms with van der Waals surface area (Å²) in [5, 5.41) is 16.1. The fourth-order valence-electron chi connectivity index (χ4n) is 3.09. The van der Waals surface area contributed by atoms with E-state index in [1.165, 1.54) is 6.07 Å². The molecule has 0 spiro atoms. The molecule has 0 saturated carbocycles. The van der Waals surface area contributed by atoms with E-state index in [9.17, 15) is 4.39 Å². The molecule has 3 heterocycles. The van der Waals surface area contributed by atoms with Crippen molar-refractivity contribution in [1.29, 1.82) is 0 Å². The molecule has 1 atom stereocenters. The number of halogens is 1. The predicted octanol–water partition coefficient (Wildman–Crippen LogP) is 2.06. The molecule has 3 aromatic rings. The van der Waals surface area contributed by atoms with E-state index < -0.39 is 0 Å². The van der Waals surface area contributed by atoms with Crippen LogP contribution in [0.5, 0.6) is 0 Å². The van der Waals surface area contributed by atoms with Gasteiger partial charge in [0.05, 0.1) is 18.8 Å². The summed E-state index contributed by atoms with van der Waals surface area (Å²) in [5.74, 6) is 0.751. The van der Waals surface area contributed by atoms with Crippen molar-refractivity contribution in [3.63, 3.8) is 0 Å². The zero-order valence-electron chi connectivity index (χ0n) is 14.6. The Bertz CT molecular complexity index is 892. The van der Waals surface area contributed by atoms with Crippen LogP contribution in [0.25, 0.3) is 17.0 Å². The first kappa shape index (κ1) is 16.9. The molecular weight excluding hydrogens is 335 g/mol. The van der Waals surface area contributed by atoms with Gasteiger partial charge in [0.15, 0.2) is 11.5 Å². The number of fused-ring (bicyclic) bond motifs is 1. The van der Waals surface area contributed by atoms with E-state index in [1.54, 1.807) is 22.7 Å². The predicted molar refractivity (Wildman–Crippen MR) is 96.5 cm³/mol. The second kappa shape index (κ2) is 7.35. The van der Waals surface area contributed by atoms with Gasteiger partial charge in [0.1, 0.15) is 11.6 Å². The van der Waals surface area contributed by atoms with Gasteiger partial charge in [-0.2, -0.15) is 4.52 Å². The molecular formula is C18H21FN6O. The van der Waals surface area contributed by atoms with Gasteiger partial charge < -0.3 is 10.1 Å². The van der Waals surface area contributed by atoms with Crippen LogP contribution in [0.1, 0.15) is 6.92 Å². The molecule has 0 aliphatic carbocycles. The minimum atomic E-state index is -0.345. The number of ether oxygens (including phenoxy) is 1. The van der Waals surface area contributed by atoms with E-state index in [-0.39, 0.29) is 5.82 Å². The minimum absolute atomic E-state index is 0.345. The van der Waals surface area contributed by atoms with Crippen molar-refractivity contribution < 1.29 is 9.13 Å². The highest BCUT2D eigenvalue weighted by Gasteiger charge is 2.17. The molecule has 1 aliphatic heterocycles.